The highest BCUT2D eigenvalue weighted by Gasteiger charge is 2.07. The Labute approximate surface area is 86.9 Å². The smallest absolute Gasteiger partial charge is 0.335 e. The predicted octanol–water partition coefficient (Wildman–Crippen LogP) is 1.34. The van der Waals surface area contributed by atoms with E-state index in [-0.39, 0.29) is 0 Å². The highest BCUT2D eigenvalue weighted by Crippen LogP contribution is 2.20. The molecule has 0 aliphatic rings. The van der Waals surface area contributed by atoms with Gasteiger partial charge in [-0.05, 0) is 24.3 Å². The molecule has 15 heavy (non-hydrogen) atoms. The Morgan fingerprint density at radius 1 is 1.47 bits per heavy atom. The first-order valence-electron chi connectivity index (χ1n) is 4.65. The fraction of sp³-hybridized carbons (Fsp3) is 0.182. The van der Waals surface area contributed by atoms with Crippen molar-refractivity contribution in [2.24, 2.45) is 12.8 Å². The Morgan fingerprint density at radius 2 is 2.20 bits per heavy atom. The zero-order valence-electron chi connectivity index (χ0n) is 8.40. The summed E-state index contributed by atoms with van der Waals surface area (Å²) < 4.78 is 1.97. The molecule has 0 unspecified atom stereocenters. The standard InChI is InChI=1S/C11H12N2O2/c1-13-9(6-12)5-8-4-7(11(14)15)2-3-10(8)13/h2-5H,6,12H2,1H3,(H,14,15). The Hall–Kier alpha value is -1.81. The first kappa shape index (κ1) is 9.73. The molecule has 0 bridgehead atoms. The summed E-state index contributed by atoms with van der Waals surface area (Å²) in [7, 11) is 1.92. The van der Waals surface area contributed by atoms with E-state index in [0.29, 0.717) is 12.1 Å². The Bertz CT molecular complexity index is 529. The molecule has 0 fully saturated rings. The van der Waals surface area contributed by atoms with Crippen molar-refractivity contribution >= 4 is 16.9 Å². The molecule has 0 radical (unpaired) electrons. The zero-order chi connectivity index (χ0) is 11.0. The van der Waals surface area contributed by atoms with Crippen LogP contribution in [0.2, 0.25) is 0 Å². The van der Waals surface area contributed by atoms with Gasteiger partial charge in [0.15, 0.2) is 0 Å². The molecule has 2 rings (SSSR count). The van der Waals surface area contributed by atoms with Gasteiger partial charge in [-0.25, -0.2) is 4.79 Å². The number of carbonyl (C=O) groups is 1. The van der Waals surface area contributed by atoms with Gasteiger partial charge in [-0.15, -0.1) is 0 Å². The number of rotatable bonds is 2. The summed E-state index contributed by atoms with van der Waals surface area (Å²) >= 11 is 0. The minimum absolute atomic E-state index is 0.302. The molecule has 0 aliphatic carbocycles. The average molecular weight is 204 g/mol. The van der Waals surface area contributed by atoms with Gasteiger partial charge in [-0.2, -0.15) is 0 Å². The topological polar surface area (TPSA) is 68.2 Å². The lowest BCUT2D eigenvalue weighted by Gasteiger charge is -2.00. The van der Waals surface area contributed by atoms with Gasteiger partial charge in [-0.1, -0.05) is 0 Å². The second-order valence-electron chi connectivity index (χ2n) is 3.48. The van der Waals surface area contributed by atoms with E-state index in [1.807, 2.05) is 17.7 Å². The summed E-state index contributed by atoms with van der Waals surface area (Å²) in [5.74, 6) is -0.907. The number of nitrogens with zero attached hydrogens (tertiary/aromatic N) is 1. The minimum Gasteiger partial charge on any atom is -0.478 e. The summed E-state index contributed by atoms with van der Waals surface area (Å²) in [6.45, 7) is 0.452. The molecule has 1 heterocycles. The van der Waals surface area contributed by atoms with E-state index >= 15 is 0 Å². The molecule has 4 heteroatoms. The molecule has 1 aromatic heterocycles. The Balaban J connectivity index is 2.68. The minimum atomic E-state index is -0.907. The number of carboxylic acids is 1. The highest BCUT2D eigenvalue weighted by molar-refractivity contribution is 5.93. The third kappa shape index (κ3) is 1.49. The molecule has 4 nitrogen and oxygen atoms in total. The van der Waals surface area contributed by atoms with Gasteiger partial charge in [0.25, 0.3) is 0 Å². The van der Waals surface area contributed by atoms with Gasteiger partial charge in [0.2, 0.25) is 0 Å². The lowest BCUT2D eigenvalue weighted by molar-refractivity contribution is 0.0697. The number of aromatic carboxylic acids is 1. The number of hydrogen-bond donors (Lipinski definition) is 2. The maximum absolute atomic E-state index is 10.8. The number of benzene rings is 1. The maximum Gasteiger partial charge on any atom is 0.335 e. The van der Waals surface area contributed by atoms with E-state index in [1.165, 1.54) is 0 Å². The summed E-state index contributed by atoms with van der Waals surface area (Å²) in [6, 6.07) is 6.99. The summed E-state index contributed by atoms with van der Waals surface area (Å²) in [4.78, 5) is 10.8. The van der Waals surface area contributed by atoms with E-state index in [0.717, 1.165) is 16.6 Å². The van der Waals surface area contributed by atoms with Crippen molar-refractivity contribution in [3.8, 4) is 0 Å². The van der Waals surface area contributed by atoms with Crippen molar-refractivity contribution in [1.29, 1.82) is 0 Å². The summed E-state index contributed by atoms with van der Waals surface area (Å²) in [6.07, 6.45) is 0. The van der Waals surface area contributed by atoms with E-state index in [2.05, 4.69) is 0 Å². The van der Waals surface area contributed by atoms with Crippen LogP contribution >= 0.6 is 0 Å². The van der Waals surface area contributed by atoms with Crippen LogP contribution in [0.25, 0.3) is 10.9 Å². The van der Waals surface area contributed by atoms with Crippen molar-refractivity contribution in [2.45, 2.75) is 6.54 Å². The van der Waals surface area contributed by atoms with Crippen LogP contribution in [0.15, 0.2) is 24.3 Å². The number of nitrogens with two attached hydrogens (primary N) is 1. The molecule has 0 saturated carbocycles. The average Bonchev–Trinajstić information content (AvgIpc) is 2.55. The molecule has 0 saturated heterocycles. The number of aryl methyl sites for hydroxylation is 1. The Morgan fingerprint density at radius 3 is 2.80 bits per heavy atom. The van der Waals surface area contributed by atoms with Gasteiger partial charge in [0.05, 0.1) is 5.56 Å². The summed E-state index contributed by atoms with van der Waals surface area (Å²) in [5.41, 5.74) is 7.87. The molecule has 78 valence electrons. The van der Waals surface area contributed by atoms with Gasteiger partial charge < -0.3 is 15.4 Å². The van der Waals surface area contributed by atoms with Crippen LogP contribution in [0.3, 0.4) is 0 Å². The fourth-order valence-corrected chi connectivity index (χ4v) is 1.74. The van der Waals surface area contributed by atoms with E-state index in [9.17, 15) is 4.79 Å². The normalized spacial score (nSPS) is 10.8. The second-order valence-corrected chi connectivity index (χ2v) is 3.48. The summed E-state index contributed by atoms with van der Waals surface area (Å²) in [5, 5.41) is 9.76. The van der Waals surface area contributed by atoms with Crippen molar-refractivity contribution in [1.82, 2.24) is 4.57 Å². The van der Waals surface area contributed by atoms with E-state index in [1.54, 1.807) is 18.2 Å². The quantitative estimate of drug-likeness (QED) is 0.775. The Kier molecular flexibility index (Phi) is 2.21. The number of hydrogen-bond acceptors (Lipinski definition) is 2. The number of carboxylic acid groups (broad SMARTS) is 1. The molecule has 2 aromatic rings. The van der Waals surface area contributed by atoms with Crippen LogP contribution in [-0.4, -0.2) is 15.6 Å². The van der Waals surface area contributed by atoms with Crippen molar-refractivity contribution in [3.05, 3.63) is 35.5 Å². The number of fused-ring (bicyclic) bond motifs is 1. The van der Waals surface area contributed by atoms with Crippen LogP contribution in [0.4, 0.5) is 0 Å². The van der Waals surface area contributed by atoms with Crippen LogP contribution in [0.5, 0.6) is 0 Å². The largest absolute Gasteiger partial charge is 0.478 e. The van der Waals surface area contributed by atoms with Gasteiger partial charge >= 0.3 is 5.97 Å². The lowest BCUT2D eigenvalue weighted by atomic mass is 10.1. The molecule has 0 spiro atoms. The van der Waals surface area contributed by atoms with E-state index in [4.69, 9.17) is 10.8 Å². The van der Waals surface area contributed by atoms with Crippen molar-refractivity contribution < 1.29 is 9.90 Å². The zero-order valence-corrected chi connectivity index (χ0v) is 8.40. The predicted molar refractivity (Wildman–Crippen MR) is 57.8 cm³/mol. The molecular weight excluding hydrogens is 192 g/mol. The van der Waals surface area contributed by atoms with Gasteiger partial charge in [-0.3, -0.25) is 0 Å². The highest BCUT2D eigenvalue weighted by atomic mass is 16.4. The fourth-order valence-electron chi connectivity index (χ4n) is 1.74. The SMILES string of the molecule is Cn1c(CN)cc2cc(C(=O)O)ccc21. The van der Waals surface area contributed by atoms with Crippen LogP contribution < -0.4 is 5.73 Å². The third-order valence-electron chi connectivity index (χ3n) is 2.60. The first-order chi connectivity index (χ1) is 7.13. The second kappa shape index (κ2) is 3.40. The molecule has 0 atom stereocenters. The van der Waals surface area contributed by atoms with Gasteiger partial charge in [0.1, 0.15) is 0 Å². The maximum atomic E-state index is 10.8. The molecular formula is C11H12N2O2. The molecule has 1 aromatic carbocycles. The van der Waals surface area contributed by atoms with Crippen LogP contribution in [0.1, 0.15) is 16.1 Å². The lowest BCUT2D eigenvalue weighted by Crippen LogP contribution is -2.02. The third-order valence-corrected chi connectivity index (χ3v) is 2.60. The van der Waals surface area contributed by atoms with Crippen molar-refractivity contribution in [2.75, 3.05) is 0 Å². The molecule has 0 aliphatic heterocycles. The number of aromatic nitrogens is 1. The molecule has 3 N–H and O–H groups in total. The van der Waals surface area contributed by atoms with Crippen LogP contribution in [-0.2, 0) is 13.6 Å². The monoisotopic (exact) mass is 204 g/mol. The first-order valence-corrected chi connectivity index (χ1v) is 4.65. The van der Waals surface area contributed by atoms with Gasteiger partial charge in [0, 0.05) is 30.2 Å². The molecule has 0 amide bonds. The van der Waals surface area contributed by atoms with E-state index < -0.39 is 5.97 Å². The van der Waals surface area contributed by atoms with Crippen LogP contribution in [0, 0.1) is 0 Å². The van der Waals surface area contributed by atoms with Crippen molar-refractivity contribution in [3.63, 3.8) is 0 Å².